The van der Waals surface area contributed by atoms with E-state index in [1.165, 1.54) is 31.4 Å². The van der Waals surface area contributed by atoms with Gasteiger partial charge in [-0.05, 0) is 56.8 Å². The maximum Gasteiger partial charge on any atom is 0.129 e. The molecule has 0 aliphatic heterocycles. The molecule has 2 rings (SSSR count). The number of anilines is 1. The zero-order valence-corrected chi connectivity index (χ0v) is 11.9. The van der Waals surface area contributed by atoms with Crippen molar-refractivity contribution in [3.05, 3.63) is 23.4 Å². The zero-order valence-electron chi connectivity index (χ0n) is 11.9. The van der Waals surface area contributed by atoms with Crippen LogP contribution in [0, 0.1) is 12.8 Å². The van der Waals surface area contributed by atoms with E-state index in [1.54, 1.807) is 0 Å². The fourth-order valence-electron chi connectivity index (χ4n) is 2.37. The van der Waals surface area contributed by atoms with E-state index in [2.05, 4.69) is 36.2 Å². The lowest BCUT2D eigenvalue weighted by Gasteiger charge is -2.24. The third-order valence-corrected chi connectivity index (χ3v) is 3.37. The molecule has 18 heavy (non-hydrogen) atoms. The van der Waals surface area contributed by atoms with Gasteiger partial charge in [0.05, 0.1) is 0 Å². The van der Waals surface area contributed by atoms with Crippen molar-refractivity contribution in [2.45, 2.75) is 39.7 Å². The standard InChI is InChI=1S/C15H25N3/c1-4-7-18(11-13-5-6-13)15-9-14(10-16-3)8-12(2)17-15/h8-9,13,16H,4-7,10-11H2,1-3H3. The molecule has 1 fully saturated rings. The molecule has 1 saturated carbocycles. The highest BCUT2D eigenvalue weighted by Gasteiger charge is 2.24. The summed E-state index contributed by atoms with van der Waals surface area (Å²) in [5.74, 6) is 2.07. The predicted octanol–water partition coefficient (Wildman–Crippen LogP) is 2.74. The summed E-state index contributed by atoms with van der Waals surface area (Å²) in [6.07, 6.45) is 3.98. The molecule has 0 unspecified atom stereocenters. The molecule has 0 bridgehead atoms. The Morgan fingerprint density at radius 3 is 2.78 bits per heavy atom. The van der Waals surface area contributed by atoms with Gasteiger partial charge in [-0.15, -0.1) is 0 Å². The summed E-state index contributed by atoms with van der Waals surface area (Å²) in [4.78, 5) is 7.18. The van der Waals surface area contributed by atoms with Crippen LogP contribution in [0.4, 0.5) is 5.82 Å². The van der Waals surface area contributed by atoms with Crippen LogP contribution in [0.3, 0.4) is 0 Å². The van der Waals surface area contributed by atoms with E-state index in [-0.39, 0.29) is 0 Å². The van der Waals surface area contributed by atoms with E-state index in [9.17, 15) is 0 Å². The van der Waals surface area contributed by atoms with Gasteiger partial charge >= 0.3 is 0 Å². The van der Waals surface area contributed by atoms with Gasteiger partial charge in [-0.3, -0.25) is 0 Å². The van der Waals surface area contributed by atoms with Crippen molar-refractivity contribution in [2.75, 3.05) is 25.0 Å². The fourth-order valence-corrected chi connectivity index (χ4v) is 2.37. The molecule has 0 saturated heterocycles. The van der Waals surface area contributed by atoms with Gasteiger partial charge in [0, 0.05) is 25.3 Å². The van der Waals surface area contributed by atoms with E-state index in [0.717, 1.165) is 30.5 Å². The maximum atomic E-state index is 4.71. The SMILES string of the molecule is CCCN(CC1CC1)c1cc(CNC)cc(C)n1. The minimum Gasteiger partial charge on any atom is -0.356 e. The van der Waals surface area contributed by atoms with E-state index in [1.807, 2.05) is 7.05 Å². The van der Waals surface area contributed by atoms with Crippen molar-refractivity contribution in [1.29, 1.82) is 0 Å². The number of aromatic nitrogens is 1. The Bertz CT molecular complexity index is 385. The van der Waals surface area contributed by atoms with Gasteiger partial charge in [0.25, 0.3) is 0 Å². The van der Waals surface area contributed by atoms with E-state index in [0.29, 0.717) is 0 Å². The summed E-state index contributed by atoms with van der Waals surface area (Å²) in [7, 11) is 1.99. The second-order valence-electron chi connectivity index (χ2n) is 5.39. The van der Waals surface area contributed by atoms with Crippen LogP contribution < -0.4 is 10.2 Å². The van der Waals surface area contributed by atoms with Crippen LogP contribution in [0.2, 0.25) is 0 Å². The van der Waals surface area contributed by atoms with Crippen LogP contribution in [0.25, 0.3) is 0 Å². The lowest BCUT2D eigenvalue weighted by Crippen LogP contribution is -2.27. The van der Waals surface area contributed by atoms with E-state index >= 15 is 0 Å². The summed E-state index contributed by atoms with van der Waals surface area (Å²) >= 11 is 0. The van der Waals surface area contributed by atoms with Gasteiger partial charge in [-0.25, -0.2) is 4.98 Å². The van der Waals surface area contributed by atoms with Gasteiger partial charge in [0.1, 0.15) is 5.82 Å². The van der Waals surface area contributed by atoms with Crippen LogP contribution in [-0.4, -0.2) is 25.1 Å². The van der Waals surface area contributed by atoms with Crippen molar-refractivity contribution < 1.29 is 0 Å². The number of hydrogen-bond donors (Lipinski definition) is 1. The second kappa shape index (κ2) is 6.19. The highest BCUT2D eigenvalue weighted by molar-refractivity contribution is 5.43. The normalized spacial score (nSPS) is 14.8. The highest BCUT2D eigenvalue weighted by Crippen LogP contribution is 2.31. The van der Waals surface area contributed by atoms with Crippen molar-refractivity contribution >= 4 is 5.82 Å². The molecule has 3 nitrogen and oxygen atoms in total. The number of pyridine rings is 1. The summed E-state index contributed by atoms with van der Waals surface area (Å²) in [6.45, 7) is 7.54. The van der Waals surface area contributed by atoms with Crippen LogP contribution in [0.1, 0.15) is 37.4 Å². The predicted molar refractivity (Wildman–Crippen MR) is 77.0 cm³/mol. The molecule has 1 N–H and O–H groups in total. The molecule has 1 aromatic heterocycles. The topological polar surface area (TPSA) is 28.2 Å². The lowest BCUT2D eigenvalue weighted by molar-refractivity contribution is 0.696. The van der Waals surface area contributed by atoms with Crippen LogP contribution in [0.5, 0.6) is 0 Å². The first-order chi connectivity index (χ1) is 8.72. The van der Waals surface area contributed by atoms with Crippen molar-refractivity contribution in [1.82, 2.24) is 10.3 Å². The molecular weight excluding hydrogens is 222 g/mol. The summed E-state index contributed by atoms with van der Waals surface area (Å²) < 4.78 is 0. The quantitative estimate of drug-likeness (QED) is 0.803. The van der Waals surface area contributed by atoms with Crippen molar-refractivity contribution in [3.63, 3.8) is 0 Å². The Labute approximate surface area is 111 Å². The van der Waals surface area contributed by atoms with E-state index < -0.39 is 0 Å². The fraction of sp³-hybridized carbons (Fsp3) is 0.667. The Morgan fingerprint density at radius 2 is 2.17 bits per heavy atom. The summed E-state index contributed by atoms with van der Waals surface area (Å²) in [5.41, 5.74) is 2.45. The number of nitrogens with one attached hydrogen (secondary N) is 1. The third kappa shape index (κ3) is 3.70. The van der Waals surface area contributed by atoms with Crippen LogP contribution in [0.15, 0.2) is 12.1 Å². The molecule has 0 amide bonds. The molecule has 3 heteroatoms. The average molecular weight is 247 g/mol. The van der Waals surface area contributed by atoms with Gasteiger partial charge in [0.15, 0.2) is 0 Å². The summed E-state index contributed by atoms with van der Waals surface area (Å²) in [5, 5.41) is 3.22. The van der Waals surface area contributed by atoms with Crippen LogP contribution in [-0.2, 0) is 6.54 Å². The smallest absolute Gasteiger partial charge is 0.129 e. The Hall–Kier alpha value is -1.09. The van der Waals surface area contributed by atoms with Crippen LogP contribution >= 0.6 is 0 Å². The second-order valence-corrected chi connectivity index (χ2v) is 5.39. The molecule has 0 spiro atoms. The third-order valence-electron chi connectivity index (χ3n) is 3.37. The molecule has 1 heterocycles. The molecule has 1 aliphatic rings. The zero-order chi connectivity index (χ0) is 13.0. The van der Waals surface area contributed by atoms with Gasteiger partial charge in [0.2, 0.25) is 0 Å². The van der Waals surface area contributed by atoms with Gasteiger partial charge in [-0.1, -0.05) is 6.92 Å². The molecule has 0 radical (unpaired) electrons. The largest absolute Gasteiger partial charge is 0.356 e. The van der Waals surface area contributed by atoms with Crippen molar-refractivity contribution in [2.24, 2.45) is 5.92 Å². The molecular formula is C15H25N3. The van der Waals surface area contributed by atoms with Gasteiger partial charge < -0.3 is 10.2 Å². The highest BCUT2D eigenvalue weighted by atomic mass is 15.2. The molecule has 100 valence electrons. The average Bonchev–Trinajstić information content (AvgIpc) is 3.12. The van der Waals surface area contributed by atoms with Gasteiger partial charge in [-0.2, -0.15) is 0 Å². The number of rotatable bonds is 7. The molecule has 1 aliphatic carbocycles. The minimum absolute atomic E-state index is 0.909. The summed E-state index contributed by atoms with van der Waals surface area (Å²) in [6, 6.07) is 4.41. The molecule has 0 atom stereocenters. The van der Waals surface area contributed by atoms with Crippen molar-refractivity contribution in [3.8, 4) is 0 Å². The molecule has 0 aromatic carbocycles. The first kappa shape index (κ1) is 13.3. The maximum absolute atomic E-state index is 4.71. The monoisotopic (exact) mass is 247 g/mol. The Balaban J connectivity index is 2.15. The molecule has 1 aromatic rings. The Morgan fingerprint density at radius 1 is 1.39 bits per heavy atom. The Kier molecular flexibility index (Phi) is 4.59. The first-order valence-electron chi connectivity index (χ1n) is 7.10. The number of aryl methyl sites for hydroxylation is 1. The van der Waals surface area contributed by atoms with E-state index in [4.69, 9.17) is 4.98 Å². The minimum atomic E-state index is 0.909. The first-order valence-corrected chi connectivity index (χ1v) is 7.10. The number of nitrogens with zero attached hydrogens (tertiary/aromatic N) is 2. The lowest BCUT2D eigenvalue weighted by atomic mass is 10.2. The number of hydrogen-bond acceptors (Lipinski definition) is 3.